The van der Waals surface area contributed by atoms with Crippen LogP contribution in [0.1, 0.15) is 23.2 Å². The summed E-state index contributed by atoms with van der Waals surface area (Å²) < 4.78 is 0. The minimum absolute atomic E-state index is 0.118. The van der Waals surface area contributed by atoms with Gasteiger partial charge in [0.15, 0.2) is 0 Å². The Labute approximate surface area is 166 Å². The maximum Gasteiger partial charge on any atom is 0.253 e. The second kappa shape index (κ2) is 7.64. The zero-order valence-corrected chi connectivity index (χ0v) is 16.4. The van der Waals surface area contributed by atoms with Gasteiger partial charge in [0.05, 0.1) is 0 Å². The number of likely N-dealkylation sites (N-methyl/N-ethyl adjacent to an activating group) is 1. The van der Waals surface area contributed by atoms with E-state index in [4.69, 9.17) is 0 Å². The average Bonchev–Trinajstić information content (AvgIpc) is 2.73. The summed E-state index contributed by atoms with van der Waals surface area (Å²) in [4.78, 5) is 17.1. The van der Waals surface area contributed by atoms with Gasteiger partial charge < -0.3 is 14.9 Å². The van der Waals surface area contributed by atoms with Crippen molar-refractivity contribution in [3.05, 3.63) is 66.2 Å². The van der Waals surface area contributed by atoms with Crippen LogP contribution in [0.5, 0.6) is 5.75 Å². The third kappa shape index (κ3) is 3.73. The van der Waals surface area contributed by atoms with Crippen LogP contribution < -0.4 is 0 Å². The third-order valence-corrected chi connectivity index (χ3v) is 5.70. The summed E-state index contributed by atoms with van der Waals surface area (Å²) in [5.74, 6) is 0.393. The van der Waals surface area contributed by atoms with E-state index in [9.17, 15) is 9.90 Å². The molecule has 4 rings (SSSR count). The molecule has 28 heavy (non-hydrogen) atoms. The zero-order chi connectivity index (χ0) is 19.7. The lowest BCUT2D eigenvalue weighted by Gasteiger charge is -2.36. The molecule has 1 heterocycles. The number of hydrogen-bond acceptors (Lipinski definition) is 3. The van der Waals surface area contributed by atoms with Crippen molar-refractivity contribution in [1.29, 1.82) is 0 Å². The van der Waals surface area contributed by atoms with Crippen LogP contribution in [0.4, 0.5) is 0 Å². The molecule has 1 atom stereocenters. The van der Waals surface area contributed by atoms with Crippen LogP contribution in [-0.2, 0) is 0 Å². The largest absolute Gasteiger partial charge is 0.508 e. The molecule has 4 nitrogen and oxygen atoms in total. The summed E-state index contributed by atoms with van der Waals surface area (Å²) in [7, 11) is 4.16. The van der Waals surface area contributed by atoms with E-state index < -0.39 is 0 Å². The smallest absolute Gasteiger partial charge is 0.253 e. The van der Waals surface area contributed by atoms with E-state index in [1.165, 1.54) is 0 Å². The molecule has 1 aliphatic heterocycles. The molecule has 0 aromatic heterocycles. The number of piperidine rings is 1. The Balaban J connectivity index is 1.53. The quantitative estimate of drug-likeness (QED) is 0.740. The first-order valence-electron chi connectivity index (χ1n) is 9.80. The van der Waals surface area contributed by atoms with Crippen molar-refractivity contribution in [1.82, 2.24) is 9.80 Å². The number of hydrogen-bond donors (Lipinski definition) is 1. The third-order valence-electron chi connectivity index (χ3n) is 5.70. The molecular weight excluding hydrogens is 348 g/mol. The highest BCUT2D eigenvalue weighted by Crippen LogP contribution is 2.27. The Morgan fingerprint density at radius 3 is 2.39 bits per heavy atom. The molecule has 0 aliphatic carbocycles. The summed E-state index contributed by atoms with van der Waals surface area (Å²) >= 11 is 0. The van der Waals surface area contributed by atoms with Gasteiger partial charge in [0.2, 0.25) is 0 Å². The zero-order valence-electron chi connectivity index (χ0n) is 16.4. The Kier molecular flexibility index (Phi) is 5.05. The van der Waals surface area contributed by atoms with Crippen molar-refractivity contribution in [3.8, 4) is 16.9 Å². The Morgan fingerprint density at radius 1 is 0.964 bits per heavy atom. The molecule has 1 fully saturated rings. The molecule has 3 aromatic rings. The minimum atomic E-state index is 0.118. The molecule has 144 valence electrons. The minimum Gasteiger partial charge on any atom is -0.508 e. The molecule has 0 bridgehead atoms. The number of carbonyl (C=O) groups excluding carboxylic acids is 1. The van der Waals surface area contributed by atoms with E-state index in [1.54, 1.807) is 12.1 Å². The van der Waals surface area contributed by atoms with Crippen molar-refractivity contribution < 1.29 is 9.90 Å². The van der Waals surface area contributed by atoms with Crippen LogP contribution in [-0.4, -0.2) is 54.0 Å². The van der Waals surface area contributed by atoms with Gasteiger partial charge in [-0.3, -0.25) is 4.79 Å². The normalized spacial score (nSPS) is 17.2. The molecule has 0 unspecified atom stereocenters. The van der Waals surface area contributed by atoms with E-state index >= 15 is 0 Å². The molecular formula is C24H26N2O2. The van der Waals surface area contributed by atoms with E-state index in [0.717, 1.165) is 53.4 Å². The fourth-order valence-corrected chi connectivity index (χ4v) is 3.96. The van der Waals surface area contributed by atoms with Gasteiger partial charge in [-0.05, 0) is 79.2 Å². The van der Waals surface area contributed by atoms with E-state index in [-0.39, 0.29) is 11.7 Å². The first-order valence-corrected chi connectivity index (χ1v) is 9.80. The summed E-state index contributed by atoms with van der Waals surface area (Å²) in [6.07, 6.45) is 2.20. The van der Waals surface area contributed by atoms with Crippen LogP contribution in [0.25, 0.3) is 21.9 Å². The van der Waals surface area contributed by atoms with E-state index in [0.29, 0.717) is 6.04 Å². The van der Waals surface area contributed by atoms with Gasteiger partial charge in [0.25, 0.3) is 5.91 Å². The molecule has 0 radical (unpaired) electrons. The maximum atomic E-state index is 12.9. The van der Waals surface area contributed by atoms with Crippen molar-refractivity contribution >= 4 is 16.7 Å². The lowest BCUT2D eigenvalue weighted by molar-refractivity contribution is 0.0635. The molecule has 3 aromatic carbocycles. The van der Waals surface area contributed by atoms with Gasteiger partial charge in [-0.15, -0.1) is 0 Å². The van der Waals surface area contributed by atoms with Crippen LogP contribution in [0.15, 0.2) is 60.7 Å². The molecule has 1 N–H and O–H groups in total. The average molecular weight is 374 g/mol. The maximum absolute atomic E-state index is 12.9. The standard InChI is InChI=1S/C24H26N2O2/c1-25(2)22-4-3-13-26(16-22)24(28)18-7-5-17(6-8-18)19-9-10-21-15-23(27)12-11-20(21)14-19/h5-12,14-15,22,27H,3-4,13,16H2,1-2H3/t22-/m0/s1. The Hall–Kier alpha value is -2.85. The Morgan fingerprint density at radius 2 is 1.64 bits per heavy atom. The van der Waals surface area contributed by atoms with Crippen LogP contribution in [0.2, 0.25) is 0 Å². The first kappa shape index (κ1) is 18.5. The number of benzene rings is 3. The van der Waals surface area contributed by atoms with Gasteiger partial charge >= 0.3 is 0 Å². The van der Waals surface area contributed by atoms with Crippen molar-refractivity contribution in [2.45, 2.75) is 18.9 Å². The predicted molar refractivity (Wildman–Crippen MR) is 114 cm³/mol. The summed E-state index contributed by atoms with van der Waals surface area (Å²) in [5, 5.41) is 11.7. The molecule has 1 saturated heterocycles. The summed E-state index contributed by atoms with van der Waals surface area (Å²) in [6, 6.07) is 19.9. The van der Waals surface area contributed by atoms with Crippen molar-refractivity contribution in [2.75, 3.05) is 27.2 Å². The fraction of sp³-hybridized carbons (Fsp3) is 0.292. The molecule has 1 amide bonds. The second-order valence-electron chi connectivity index (χ2n) is 7.83. The SMILES string of the molecule is CN(C)[C@H]1CCCN(C(=O)c2ccc(-c3ccc4cc(O)ccc4c3)cc2)C1. The fourth-order valence-electron chi connectivity index (χ4n) is 3.96. The molecule has 0 saturated carbocycles. The summed E-state index contributed by atoms with van der Waals surface area (Å²) in [5.41, 5.74) is 2.92. The van der Waals surface area contributed by atoms with E-state index in [2.05, 4.69) is 25.1 Å². The van der Waals surface area contributed by atoms with Gasteiger partial charge in [-0.2, -0.15) is 0 Å². The summed E-state index contributed by atoms with van der Waals surface area (Å²) in [6.45, 7) is 1.63. The highest BCUT2D eigenvalue weighted by Gasteiger charge is 2.25. The van der Waals surface area contributed by atoms with Crippen LogP contribution in [0.3, 0.4) is 0 Å². The van der Waals surface area contributed by atoms with Gasteiger partial charge in [0, 0.05) is 24.7 Å². The first-order chi connectivity index (χ1) is 13.5. The van der Waals surface area contributed by atoms with E-state index in [1.807, 2.05) is 47.4 Å². The molecule has 0 spiro atoms. The number of amides is 1. The number of likely N-dealkylation sites (tertiary alicyclic amines) is 1. The number of aromatic hydroxyl groups is 1. The van der Waals surface area contributed by atoms with Crippen molar-refractivity contribution in [3.63, 3.8) is 0 Å². The van der Waals surface area contributed by atoms with Crippen molar-refractivity contribution in [2.24, 2.45) is 0 Å². The predicted octanol–water partition coefficient (Wildman–Crippen LogP) is 4.38. The van der Waals surface area contributed by atoms with Crippen LogP contribution in [0, 0.1) is 0 Å². The van der Waals surface area contributed by atoms with Gasteiger partial charge in [-0.1, -0.05) is 30.3 Å². The van der Waals surface area contributed by atoms with Crippen LogP contribution >= 0.6 is 0 Å². The number of rotatable bonds is 3. The topological polar surface area (TPSA) is 43.8 Å². The number of carbonyl (C=O) groups is 1. The lowest BCUT2D eigenvalue weighted by Crippen LogP contribution is -2.47. The number of fused-ring (bicyclic) bond motifs is 1. The number of phenols is 1. The van der Waals surface area contributed by atoms with Gasteiger partial charge in [0.1, 0.15) is 5.75 Å². The number of nitrogens with zero attached hydrogens (tertiary/aromatic N) is 2. The van der Waals surface area contributed by atoms with Gasteiger partial charge in [-0.25, -0.2) is 0 Å². The molecule has 4 heteroatoms. The molecule has 1 aliphatic rings. The highest BCUT2D eigenvalue weighted by atomic mass is 16.3. The highest BCUT2D eigenvalue weighted by molar-refractivity contribution is 5.95. The lowest BCUT2D eigenvalue weighted by atomic mass is 9.99. The second-order valence-corrected chi connectivity index (χ2v) is 7.83. The monoisotopic (exact) mass is 374 g/mol. The Bertz CT molecular complexity index is 995. The number of phenolic OH excluding ortho intramolecular Hbond substituents is 1.